The van der Waals surface area contributed by atoms with Gasteiger partial charge in [-0.25, -0.2) is 4.98 Å². The standard InChI is InChI=1S/C15H18ClN3OS/c1-3-17-14-8-12(7-13(16)19-14)15(20)18-10(2)6-11-4-5-21-9-11/h4-5,7-10H,3,6H2,1-2H3,(H,17,19)(H,18,20). The van der Waals surface area contributed by atoms with Gasteiger partial charge >= 0.3 is 0 Å². The molecule has 0 aliphatic carbocycles. The van der Waals surface area contributed by atoms with E-state index in [2.05, 4.69) is 27.1 Å². The molecule has 21 heavy (non-hydrogen) atoms. The minimum atomic E-state index is -0.138. The number of nitrogens with zero attached hydrogens (tertiary/aromatic N) is 1. The summed E-state index contributed by atoms with van der Waals surface area (Å²) in [6.45, 7) is 4.68. The summed E-state index contributed by atoms with van der Waals surface area (Å²) < 4.78 is 0. The fraction of sp³-hybridized carbons (Fsp3) is 0.333. The lowest BCUT2D eigenvalue weighted by atomic mass is 10.1. The van der Waals surface area contributed by atoms with E-state index in [9.17, 15) is 4.79 Å². The lowest BCUT2D eigenvalue weighted by Crippen LogP contribution is -2.34. The molecular weight excluding hydrogens is 306 g/mol. The van der Waals surface area contributed by atoms with Crippen LogP contribution in [0.3, 0.4) is 0 Å². The molecule has 2 aromatic heterocycles. The summed E-state index contributed by atoms with van der Waals surface area (Å²) in [7, 11) is 0. The highest BCUT2D eigenvalue weighted by atomic mass is 35.5. The Hall–Kier alpha value is -1.59. The lowest BCUT2D eigenvalue weighted by Gasteiger charge is -2.14. The molecule has 0 saturated carbocycles. The fourth-order valence-electron chi connectivity index (χ4n) is 2.02. The molecule has 0 aliphatic rings. The number of amides is 1. The Kier molecular flexibility index (Phi) is 5.59. The average molecular weight is 324 g/mol. The molecule has 1 unspecified atom stereocenters. The Morgan fingerprint density at radius 2 is 2.29 bits per heavy atom. The Morgan fingerprint density at radius 3 is 2.95 bits per heavy atom. The number of thiophene rings is 1. The van der Waals surface area contributed by atoms with Crippen LogP contribution in [0, 0.1) is 0 Å². The number of hydrogen-bond acceptors (Lipinski definition) is 4. The Balaban J connectivity index is 2.02. The number of hydrogen-bond donors (Lipinski definition) is 2. The van der Waals surface area contributed by atoms with Crippen molar-refractivity contribution in [2.45, 2.75) is 26.3 Å². The van der Waals surface area contributed by atoms with E-state index < -0.39 is 0 Å². The van der Waals surface area contributed by atoms with Gasteiger partial charge in [-0.2, -0.15) is 11.3 Å². The van der Waals surface area contributed by atoms with Crippen molar-refractivity contribution >= 4 is 34.7 Å². The maximum Gasteiger partial charge on any atom is 0.251 e. The summed E-state index contributed by atoms with van der Waals surface area (Å²) >= 11 is 7.61. The molecule has 2 heterocycles. The molecule has 112 valence electrons. The number of anilines is 1. The molecule has 0 aliphatic heterocycles. The first-order valence-corrected chi connectivity index (χ1v) is 8.14. The molecule has 2 N–H and O–H groups in total. The molecule has 2 aromatic rings. The van der Waals surface area contributed by atoms with Crippen LogP contribution in [0.5, 0.6) is 0 Å². The van der Waals surface area contributed by atoms with Crippen molar-refractivity contribution in [1.82, 2.24) is 10.3 Å². The van der Waals surface area contributed by atoms with Gasteiger partial charge in [0.2, 0.25) is 0 Å². The molecule has 2 rings (SSSR count). The van der Waals surface area contributed by atoms with Crippen LogP contribution in [0.1, 0.15) is 29.8 Å². The molecule has 0 spiro atoms. The number of nitrogens with one attached hydrogen (secondary N) is 2. The zero-order valence-electron chi connectivity index (χ0n) is 12.0. The third-order valence-electron chi connectivity index (χ3n) is 2.91. The molecule has 0 radical (unpaired) electrons. The van der Waals surface area contributed by atoms with Crippen molar-refractivity contribution in [2.75, 3.05) is 11.9 Å². The van der Waals surface area contributed by atoms with Gasteiger partial charge in [-0.05, 0) is 54.8 Å². The predicted molar refractivity (Wildman–Crippen MR) is 88.4 cm³/mol. The SMILES string of the molecule is CCNc1cc(C(=O)NC(C)Cc2ccsc2)cc(Cl)n1. The van der Waals surface area contributed by atoms with Crippen molar-refractivity contribution in [3.63, 3.8) is 0 Å². The lowest BCUT2D eigenvalue weighted by molar-refractivity contribution is 0.0940. The monoisotopic (exact) mass is 323 g/mol. The summed E-state index contributed by atoms with van der Waals surface area (Å²) in [5, 5.41) is 10.5. The zero-order valence-corrected chi connectivity index (χ0v) is 13.6. The number of carbonyl (C=O) groups is 1. The van der Waals surface area contributed by atoms with Crippen LogP contribution in [0.15, 0.2) is 29.0 Å². The van der Waals surface area contributed by atoms with Gasteiger partial charge in [0.15, 0.2) is 0 Å². The largest absolute Gasteiger partial charge is 0.370 e. The molecule has 6 heteroatoms. The zero-order chi connectivity index (χ0) is 15.2. The Labute approximate surface area is 133 Å². The van der Waals surface area contributed by atoms with Gasteiger partial charge in [-0.3, -0.25) is 4.79 Å². The van der Waals surface area contributed by atoms with E-state index in [1.54, 1.807) is 23.5 Å². The minimum absolute atomic E-state index is 0.0571. The van der Waals surface area contributed by atoms with Gasteiger partial charge in [0.1, 0.15) is 11.0 Å². The molecule has 1 amide bonds. The van der Waals surface area contributed by atoms with Gasteiger partial charge in [-0.15, -0.1) is 0 Å². The van der Waals surface area contributed by atoms with E-state index in [-0.39, 0.29) is 11.9 Å². The van der Waals surface area contributed by atoms with Gasteiger partial charge in [0, 0.05) is 18.2 Å². The van der Waals surface area contributed by atoms with Crippen molar-refractivity contribution in [3.05, 3.63) is 45.2 Å². The molecule has 1 atom stereocenters. The van der Waals surface area contributed by atoms with Crippen LogP contribution in [0.25, 0.3) is 0 Å². The van der Waals surface area contributed by atoms with Gasteiger partial charge < -0.3 is 10.6 Å². The van der Waals surface area contributed by atoms with Crippen molar-refractivity contribution in [3.8, 4) is 0 Å². The number of carbonyl (C=O) groups excluding carboxylic acids is 1. The molecule has 4 nitrogen and oxygen atoms in total. The molecule has 0 fully saturated rings. The maximum atomic E-state index is 12.3. The number of rotatable bonds is 6. The normalized spacial score (nSPS) is 12.0. The second-order valence-corrected chi connectivity index (χ2v) is 5.97. The third-order valence-corrected chi connectivity index (χ3v) is 3.84. The third kappa shape index (κ3) is 4.72. The summed E-state index contributed by atoms with van der Waals surface area (Å²) in [6.07, 6.45) is 0.814. The van der Waals surface area contributed by atoms with Crippen LogP contribution in [-0.4, -0.2) is 23.5 Å². The van der Waals surface area contributed by atoms with E-state index in [0.717, 1.165) is 13.0 Å². The first kappa shape index (κ1) is 15.8. The van der Waals surface area contributed by atoms with Crippen LogP contribution in [0.2, 0.25) is 5.15 Å². The topological polar surface area (TPSA) is 54.0 Å². The summed E-state index contributed by atoms with van der Waals surface area (Å²) in [4.78, 5) is 16.4. The van der Waals surface area contributed by atoms with E-state index in [4.69, 9.17) is 11.6 Å². The smallest absolute Gasteiger partial charge is 0.251 e. The molecule has 0 saturated heterocycles. The number of aromatic nitrogens is 1. The predicted octanol–water partition coefficient (Wildman–Crippen LogP) is 3.59. The Morgan fingerprint density at radius 1 is 1.48 bits per heavy atom. The number of pyridine rings is 1. The highest BCUT2D eigenvalue weighted by Crippen LogP contribution is 2.15. The van der Waals surface area contributed by atoms with Crippen LogP contribution < -0.4 is 10.6 Å². The molecule has 0 aromatic carbocycles. The highest BCUT2D eigenvalue weighted by Gasteiger charge is 2.12. The van der Waals surface area contributed by atoms with Gasteiger partial charge in [0.05, 0.1) is 0 Å². The number of halogens is 1. The van der Waals surface area contributed by atoms with Crippen molar-refractivity contribution < 1.29 is 4.79 Å². The van der Waals surface area contributed by atoms with Gasteiger partial charge in [-0.1, -0.05) is 11.6 Å². The van der Waals surface area contributed by atoms with E-state index >= 15 is 0 Å². The van der Waals surface area contributed by atoms with Crippen molar-refractivity contribution in [1.29, 1.82) is 0 Å². The summed E-state index contributed by atoms with van der Waals surface area (Å²) in [5.41, 5.74) is 1.75. The van der Waals surface area contributed by atoms with E-state index in [0.29, 0.717) is 16.5 Å². The average Bonchev–Trinajstić information content (AvgIpc) is 2.91. The summed E-state index contributed by atoms with van der Waals surface area (Å²) in [6, 6.07) is 5.42. The minimum Gasteiger partial charge on any atom is -0.370 e. The molecule has 0 bridgehead atoms. The second-order valence-electron chi connectivity index (χ2n) is 4.80. The first-order valence-electron chi connectivity index (χ1n) is 6.82. The summed E-state index contributed by atoms with van der Waals surface area (Å²) in [5.74, 6) is 0.474. The van der Waals surface area contributed by atoms with Crippen molar-refractivity contribution in [2.24, 2.45) is 0 Å². The van der Waals surface area contributed by atoms with Crippen LogP contribution in [-0.2, 0) is 6.42 Å². The van der Waals surface area contributed by atoms with Crippen LogP contribution in [0.4, 0.5) is 5.82 Å². The van der Waals surface area contributed by atoms with Gasteiger partial charge in [0.25, 0.3) is 5.91 Å². The maximum absolute atomic E-state index is 12.3. The quantitative estimate of drug-likeness (QED) is 0.799. The Bertz CT molecular complexity index is 601. The first-order chi connectivity index (χ1) is 10.1. The van der Waals surface area contributed by atoms with E-state index in [1.807, 2.05) is 19.2 Å². The van der Waals surface area contributed by atoms with Crippen LogP contribution >= 0.6 is 22.9 Å². The fourth-order valence-corrected chi connectivity index (χ4v) is 2.91. The van der Waals surface area contributed by atoms with E-state index in [1.165, 1.54) is 5.56 Å². The highest BCUT2D eigenvalue weighted by molar-refractivity contribution is 7.07. The molecular formula is C15H18ClN3OS. The second kappa shape index (κ2) is 7.43.